The molecule has 0 aliphatic carbocycles. The number of hydrogen-bond donors (Lipinski definition) is 0. The van der Waals surface area contributed by atoms with E-state index in [9.17, 15) is 4.79 Å². The molecule has 0 aromatic rings. The van der Waals surface area contributed by atoms with E-state index in [2.05, 4.69) is 61.6 Å². The number of allylic oxidation sites excluding steroid dienone is 11. The number of esters is 1. The average molecular weight is 357 g/mol. The Morgan fingerprint density at radius 3 is 1.81 bits per heavy atom. The second kappa shape index (κ2) is 19.2. The Morgan fingerprint density at radius 2 is 1.27 bits per heavy atom. The quantitative estimate of drug-likeness (QED) is 0.110. The minimum atomic E-state index is -0.210. The lowest BCUT2D eigenvalue weighted by atomic mass is 10.2. The van der Waals surface area contributed by atoms with Gasteiger partial charge in [-0.2, -0.15) is 0 Å². The fraction of sp³-hybridized carbons (Fsp3) is 0.458. The zero-order valence-corrected chi connectivity index (χ0v) is 16.8. The maximum Gasteiger partial charge on any atom is 0.333 e. The number of carbonyl (C=O) groups excluding carboxylic acids is 1. The summed E-state index contributed by atoms with van der Waals surface area (Å²) in [6.45, 7) is 6.36. The molecule has 0 bridgehead atoms. The fourth-order valence-electron chi connectivity index (χ4n) is 2.12. The smallest absolute Gasteiger partial charge is 0.333 e. The van der Waals surface area contributed by atoms with E-state index in [1.54, 1.807) is 0 Å². The van der Waals surface area contributed by atoms with Crippen LogP contribution >= 0.6 is 0 Å². The normalized spacial score (nSPS) is 13.3. The number of unbranched alkanes of at least 4 members (excludes halogenated alkanes) is 1. The van der Waals surface area contributed by atoms with Gasteiger partial charge < -0.3 is 4.74 Å². The van der Waals surface area contributed by atoms with Crippen LogP contribution in [0, 0.1) is 0 Å². The summed E-state index contributed by atoms with van der Waals surface area (Å²) in [5.74, 6) is -0.210. The summed E-state index contributed by atoms with van der Waals surface area (Å²) >= 11 is 0. The van der Waals surface area contributed by atoms with Crippen molar-refractivity contribution in [2.24, 2.45) is 0 Å². The Morgan fingerprint density at radius 1 is 0.731 bits per heavy atom. The van der Waals surface area contributed by atoms with Crippen LogP contribution in [0.15, 0.2) is 72.4 Å². The molecule has 0 aromatic heterocycles. The van der Waals surface area contributed by atoms with Crippen molar-refractivity contribution in [2.45, 2.75) is 65.7 Å². The Balaban J connectivity index is 3.82. The highest BCUT2D eigenvalue weighted by atomic mass is 16.5. The SMILES string of the molecule is CC/C=C\C/C=C\C/C=C\C/C=C\CC/C=C/C=C(\CC)C(=O)OCC. The van der Waals surface area contributed by atoms with Crippen molar-refractivity contribution in [2.75, 3.05) is 6.61 Å². The molecule has 0 aliphatic rings. The Hall–Kier alpha value is -2.09. The summed E-state index contributed by atoms with van der Waals surface area (Å²) < 4.78 is 5.01. The van der Waals surface area contributed by atoms with Crippen LogP contribution in [0.3, 0.4) is 0 Å². The average Bonchev–Trinajstić information content (AvgIpc) is 2.64. The number of rotatable bonds is 14. The first kappa shape index (κ1) is 23.9. The lowest BCUT2D eigenvalue weighted by Crippen LogP contribution is -2.06. The summed E-state index contributed by atoms with van der Waals surface area (Å²) in [6, 6.07) is 0. The van der Waals surface area contributed by atoms with Gasteiger partial charge in [-0.15, -0.1) is 0 Å². The van der Waals surface area contributed by atoms with Gasteiger partial charge in [-0.25, -0.2) is 4.79 Å². The van der Waals surface area contributed by atoms with E-state index in [4.69, 9.17) is 4.74 Å². The lowest BCUT2D eigenvalue weighted by Gasteiger charge is -2.02. The molecule has 0 saturated heterocycles. The molecule has 0 rings (SSSR count). The molecule has 144 valence electrons. The van der Waals surface area contributed by atoms with Crippen molar-refractivity contribution in [3.63, 3.8) is 0 Å². The fourth-order valence-corrected chi connectivity index (χ4v) is 2.12. The van der Waals surface area contributed by atoms with Gasteiger partial charge >= 0.3 is 5.97 Å². The molecular formula is C24H36O2. The van der Waals surface area contributed by atoms with Gasteiger partial charge in [0.2, 0.25) is 0 Å². The predicted octanol–water partition coefficient (Wildman–Crippen LogP) is 7.03. The summed E-state index contributed by atoms with van der Waals surface area (Å²) in [7, 11) is 0. The second-order valence-corrected chi connectivity index (χ2v) is 5.77. The van der Waals surface area contributed by atoms with Crippen LogP contribution in [0.4, 0.5) is 0 Å². The zero-order chi connectivity index (χ0) is 19.3. The summed E-state index contributed by atoms with van der Waals surface area (Å²) in [6.07, 6.45) is 30.3. The second-order valence-electron chi connectivity index (χ2n) is 5.77. The first-order valence-corrected chi connectivity index (χ1v) is 9.88. The van der Waals surface area contributed by atoms with E-state index in [-0.39, 0.29) is 5.97 Å². The summed E-state index contributed by atoms with van der Waals surface area (Å²) in [5.41, 5.74) is 0.721. The number of ether oxygens (including phenoxy) is 1. The standard InChI is InChI=1S/C24H36O2/c1-4-7-8-9-10-11-12-13-14-15-16-17-18-19-20-21-22-23(5-2)24(25)26-6-3/h7-8,10-11,13-14,16-17,20-22H,4-6,9,12,15,18-19H2,1-3H3/b8-7-,11-10-,14-13-,17-16-,21-20+,23-22+. The molecule has 0 unspecified atom stereocenters. The molecule has 0 fully saturated rings. The van der Waals surface area contributed by atoms with Crippen molar-refractivity contribution in [3.05, 3.63) is 72.4 Å². The van der Waals surface area contributed by atoms with Gasteiger partial charge in [-0.05, 0) is 51.9 Å². The van der Waals surface area contributed by atoms with E-state index >= 15 is 0 Å². The first-order valence-electron chi connectivity index (χ1n) is 9.88. The molecule has 2 nitrogen and oxygen atoms in total. The highest BCUT2D eigenvalue weighted by Gasteiger charge is 2.05. The highest BCUT2D eigenvalue weighted by molar-refractivity contribution is 5.88. The largest absolute Gasteiger partial charge is 0.463 e. The van der Waals surface area contributed by atoms with Crippen LogP contribution in [0.25, 0.3) is 0 Å². The Kier molecular flexibility index (Phi) is 17.7. The van der Waals surface area contributed by atoms with E-state index in [0.717, 1.165) is 44.1 Å². The van der Waals surface area contributed by atoms with Gasteiger partial charge in [0.1, 0.15) is 0 Å². The molecular weight excluding hydrogens is 320 g/mol. The topological polar surface area (TPSA) is 26.3 Å². The van der Waals surface area contributed by atoms with Gasteiger partial charge in [0.25, 0.3) is 0 Å². The molecule has 0 N–H and O–H groups in total. The van der Waals surface area contributed by atoms with Gasteiger partial charge in [-0.3, -0.25) is 0 Å². The van der Waals surface area contributed by atoms with Crippen molar-refractivity contribution in [1.82, 2.24) is 0 Å². The maximum atomic E-state index is 11.6. The van der Waals surface area contributed by atoms with E-state index in [1.165, 1.54) is 0 Å². The van der Waals surface area contributed by atoms with Crippen LogP contribution in [0.1, 0.15) is 65.7 Å². The van der Waals surface area contributed by atoms with Crippen molar-refractivity contribution >= 4 is 5.97 Å². The molecule has 0 spiro atoms. The van der Waals surface area contributed by atoms with Gasteiger partial charge in [0.15, 0.2) is 0 Å². The van der Waals surface area contributed by atoms with Crippen LogP contribution in [0.2, 0.25) is 0 Å². The van der Waals surface area contributed by atoms with Gasteiger partial charge in [-0.1, -0.05) is 80.7 Å². The third kappa shape index (κ3) is 15.4. The predicted molar refractivity (Wildman–Crippen MR) is 114 cm³/mol. The zero-order valence-electron chi connectivity index (χ0n) is 16.8. The number of hydrogen-bond acceptors (Lipinski definition) is 2. The molecule has 0 amide bonds. The lowest BCUT2D eigenvalue weighted by molar-refractivity contribution is -0.138. The minimum absolute atomic E-state index is 0.210. The Labute approximate surface area is 160 Å². The molecule has 0 aliphatic heterocycles. The molecule has 0 atom stereocenters. The van der Waals surface area contributed by atoms with Crippen LogP contribution in [-0.4, -0.2) is 12.6 Å². The van der Waals surface area contributed by atoms with Crippen LogP contribution < -0.4 is 0 Å². The molecule has 0 aromatic carbocycles. The number of carbonyl (C=O) groups is 1. The highest BCUT2D eigenvalue weighted by Crippen LogP contribution is 2.05. The third-order valence-electron chi connectivity index (χ3n) is 3.57. The molecule has 2 heteroatoms. The van der Waals surface area contributed by atoms with Crippen molar-refractivity contribution in [3.8, 4) is 0 Å². The van der Waals surface area contributed by atoms with E-state index in [1.807, 2.05) is 26.0 Å². The van der Waals surface area contributed by atoms with Crippen molar-refractivity contribution in [1.29, 1.82) is 0 Å². The maximum absolute atomic E-state index is 11.6. The van der Waals surface area contributed by atoms with Crippen LogP contribution in [-0.2, 0) is 9.53 Å². The molecule has 0 heterocycles. The molecule has 0 saturated carbocycles. The van der Waals surface area contributed by atoms with Crippen molar-refractivity contribution < 1.29 is 9.53 Å². The summed E-state index contributed by atoms with van der Waals surface area (Å²) in [5, 5.41) is 0. The van der Waals surface area contributed by atoms with Gasteiger partial charge in [0, 0.05) is 5.57 Å². The van der Waals surface area contributed by atoms with E-state index in [0.29, 0.717) is 13.0 Å². The Bertz CT molecular complexity index is 516. The third-order valence-corrected chi connectivity index (χ3v) is 3.57. The summed E-state index contributed by atoms with van der Waals surface area (Å²) in [4.78, 5) is 11.6. The van der Waals surface area contributed by atoms with Crippen LogP contribution in [0.5, 0.6) is 0 Å². The monoisotopic (exact) mass is 356 g/mol. The van der Waals surface area contributed by atoms with Gasteiger partial charge in [0.05, 0.1) is 6.61 Å². The van der Waals surface area contributed by atoms with E-state index < -0.39 is 0 Å². The molecule has 0 radical (unpaired) electrons. The molecule has 26 heavy (non-hydrogen) atoms. The minimum Gasteiger partial charge on any atom is -0.463 e. The first-order chi connectivity index (χ1) is 12.8.